The Kier molecular flexibility index (Phi) is 4.49. The van der Waals surface area contributed by atoms with Gasteiger partial charge >= 0.3 is 5.63 Å². The van der Waals surface area contributed by atoms with E-state index in [1.165, 1.54) is 6.07 Å². The molecule has 7 nitrogen and oxygen atoms in total. The second-order valence-corrected chi connectivity index (χ2v) is 5.87. The first-order chi connectivity index (χ1) is 13.2. The van der Waals surface area contributed by atoms with Crippen LogP contribution in [0.1, 0.15) is 16.2 Å². The van der Waals surface area contributed by atoms with Crippen molar-refractivity contribution in [1.82, 2.24) is 15.5 Å². The number of carbonyl (C=O) groups is 1. The fourth-order valence-corrected chi connectivity index (χ4v) is 2.66. The van der Waals surface area contributed by atoms with Crippen LogP contribution < -0.4 is 10.9 Å². The molecule has 0 radical (unpaired) electrons. The van der Waals surface area contributed by atoms with E-state index in [2.05, 4.69) is 15.5 Å². The van der Waals surface area contributed by atoms with Crippen LogP contribution in [0.15, 0.2) is 74.4 Å². The fraction of sp³-hybridized carbons (Fsp3) is 0.100. The molecular weight excluding hydrogens is 346 g/mol. The Bertz CT molecular complexity index is 1150. The van der Waals surface area contributed by atoms with Gasteiger partial charge in [0.1, 0.15) is 11.1 Å². The lowest BCUT2D eigenvalue weighted by atomic mass is 10.2. The highest BCUT2D eigenvalue weighted by Gasteiger charge is 2.14. The maximum atomic E-state index is 12.3. The number of fused-ring (bicyclic) bond motifs is 1. The summed E-state index contributed by atoms with van der Waals surface area (Å²) in [6, 6.07) is 18.0. The van der Waals surface area contributed by atoms with E-state index in [0.29, 0.717) is 29.1 Å². The Labute approximate surface area is 153 Å². The zero-order valence-electron chi connectivity index (χ0n) is 14.2. The third-order valence-electron chi connectivity index (χ3n) is 4.01. The molecule has 1 N–H and O–H groups in total. The minimum Gasteiger partial charge on any atom is -0.422 e. The molecular formula is C20H15N3O4. The van der Waals surface area contributed by atoms with Gasteiger partial charge in [0.05, 0.1) is 0 Å². The number of para-hydroxylation sites is 1. The lowest BCUT2D eigenvalue weighted by Gasteiger charge is -2.03. The maximum absolute atomic E-state index is 12.3. The number of nitrogens with one attached hydrogen (secondary N) is 1. The van der Waals surface area contributed by atoms with E-state index in [0.717, 1.165) is 5.56 Å². The van der Waals surface area contributed by atoms with Gasteiger partial charge in [-0.25, -0.2) is 4.79 Å². The number of carbonyl (C=O) groups excluding carboxylic acids is 1. The Hall–Kier alpha value is -3.74. The standard InChI is InChI=1S/C20H15N3O4/c24-19(15-12-14-8-4-5-9-16(14)26-20(15)25)21-11-10-17-22-18(23-27-17)13-6-2-1-3-7-13/h1-9,12H,10-11H2,(H,21,24). The summed E-state index contributed by atoms with van der Waals surface area (Å²) in [5, 5.41) is 7.29. The zero-order chi connectivity index (χ0) is 18.6. The van der Waals surface area contributed by atoms with Crippen molar-refractivity contribution in [3.63, 3.8) is 0 Å². The molecule has 134 valence electrons. The maximum Gasteiger partial charge on any atom is 0.349 e. The molecule has 0 aliphatic carbocycles. The summed E-state index contributed by atoms with van der Waals surface area (Å²) in [7, 11) is 0. The fourth-order valence-electron chi connectivity index (χ4n) is 2.66. The quantitative estimate of drug-likeness (QED) is 0.549. The highest BCUT2D eigenvalue weighted by molar-refractivity contribution is 5.96. The molecule has 0 unspecified atom stereocenters. The molecule has 0 aliphatic rings. The van der Waals surface area contributed by atoms with Gasteiger partial charge in [-0.2, -0.15) is 4.98 Å². The number of nitrogens with zero attached hydrogens (tertiary/aromatic N) is 2. The van der Waals surface area contributed by atoms with Gasteiger partial charge in [-0.15, -0.1) is 0 Å². The molecule has 0 aliphatic heterocycles. The van der Waals surface area contributed by atoms with E-state index < -0.39 is 11.5 Å². The van der Waals surface area contributed by atoms with E-state index in [-0.39, 0.29) is 12.1 Å². The number of benzene rings is 2. The van der Waals surface area contributed by atoms with E-state index in [4.69, 9.17) is 8.94 Å². The van der Waals surface area contributed by atoms with Gasteiger partial charge in [0, 0.05) is 23.9 Å². The van der Waals surface area contributed by atoms with E-state index in [1.54, 1.807) is 18.2 Å². The molecule has 0 saturated heterocycles. The molecule has 0 atom stereocenters. The third kappa shape index (κ3) is 3.62. The van der Waals surface area contributed by atoms with Gasteiger partial charge < -0.3 is 14.3 Å². The second kappa shape index (κ2) is 7.25. The third-order valence-corrected chi connectivity index (χ3v) is 4.01. The minimum atomic E-state index is -0.671. The van der Waals surface area contributed by atoms with Crippen molar-refractivity contribution in [1.29, 1.82) is 0 Å². The molecule has 0 fully saturated rings. The van der Waals surface area contributed by atoms with Gasteiger partial charge in [0.25, 0.3) is 5.91 Å². The molecule has 2 aromatic carbocycles. The van der Waals surface area contributed by atoms with Crippen molar-refractivity contribution < 1.29 is 13.7 Å². The molecule has 2 heterocycles. The largest absolute Gasteiger partial charge is 0.422 e. The minimum absolute atomic E-state index is 0.0378. The Morgan fingerprint density at radius 2 is 1.81 bits per heavy atom. The smallest absolute Gasteiger partial charge is 0.349 e. The van der Waals surface area contributed by atoms with Crippen LogP contribution in [0.25, 0.3) is 22.4 Å². The molecule has 0 saturated carbocycles. The van der Waals surface area contributed by atoms with Crippen LogP contribution >= 0.6 is 0 Å². The average molecular weight is 361 g/mol. The summed E-state index contributed by atoms with van der Waals surface area (Å²) in [5.74, 6) is 0.393. The van der Waals surface area contributed by atoms with Crippen LogP contribution in [0.2, 0.25) is 0 Å². The summed E-state index contributed by atoms with van der Waals surface area (Å²) in [6.45, 7) is 0.252. The van der Waals surface area contributed by atoms with Crippen LogP contribution in [0.4, 0.5) is 0 Å². The molecule has 0 bridgehead atoms. The topological polar surface area (TPSA) is 98.2 Å². The number of amides is 1. The molecule has 4 rings (SSSR count). The van der Waals surface area contributed by atoms with Crippen molar-refractivity contribution in [2.24, 2.45) is 0 Å². The van der Waals surface area contributed by atoms with Crippen molar-refractivity contribution in [3.05, 3.63) is 82.5 Å². The van der Waals surface area contributed by atoms with Crippen LogP contribution in [0, 0.1) is 0 Å². The average Bonchev–Trinajstić information content (AvgIpc) is 3.17. The predicted molar refractivity (Wildman–Crippen MR) is 98.3 cm³/mol. The Balaban J connectivity index is 1.41. The zero-order valence-corrected chi connectivity index (χ0v) is 14.2. The molecule has 7 heteroatoms. The van der Waals surface area contributed by atoms with Crippen LogP contribution in [-0.4, -0.2) is 22.6 Å². The predicted octanol–water partition coefficient (Wildman–Crippen LogP) is 2.82. The van der Waals surface area contributed by atoms with Gasteiger partial charge in [-0.1, -0.05) is 53.7 Å². The second-order valence-electron chi connectivity index (χ2n) is 5.87. The summed E-state index contributed by atoms with van der Waals surface area (Å²) in [4.78, 5) is 28.6. The lowest BCUT2D eigenvalue weighted by molar-refractivity contribution is 0.0950. The molecule has 0 spiro atoms. The Morgan fingerprint density at radius 1 is 1.04 bits per heavy atom. The molecule has 2 aromatic heterocycles. The van der Waals surface area contributed by atoms with Crippen LogP contribution in [0.5, 0.6) is 0 Å². The van der Waals surface area contributed by atoms with Gasteiger partial charge in [0.15, 0.2) is 0 Å². The first-order valence-corrected chi connectivity index (χ1v) is 8.40. The highest BCUT2D eigenvalue weighted by Crippen LogP contribution is 2.15. The van der Waals surface area contributed by atoms with Crippen molar-refractivity contribution >= 4 is 16.9 Å². The molecule has 27 heavy (non-hydrogen) atoms. The summed E-state index contributed by atoms with van der Waals surface area (Å²) in [6.07, 6.45) is 0.352. The SMILES string of the molecule is O=C(NCCc1nc(-c2ccccc2)no1)c1cc2ccccc2oc1=O. The monoisotopic (exact) mass is 361 g/mol. The van der Waals surface area contributed by atoms with Gasteiger partial charge in [0.2, 0.25) is 11.7 Å². The first-order valence-electron chi connectivity index (χ1n) is 8.40. The normalized spacial score (nSPS) is 10.8. The lowest BCUT2D eigenvalue weighted by Crippen LogP contribution is -2.29. The van der Waals surface area contributed by atoms with Gasteiger partial charge in [-0.05, 0) is 12.1 Å². The van der Waals surface area contributed by atoms with Crippen molar-refractivity contribution in [2.75, 3.05) is 6.54 Å². The van der Waals surface area contributed by atoms with Crippen LogP contribution in [-0.2, 0) is 6.42 Å². The number of rotatable bonds is 5. The van der Waals surface area contributed by atoms with Crippen molar-refractivity contribution in [3.8, 4) is 11.4 Å². The summed E-state index contributed by atoms with van der Waals surface area (Å²) >= 11 is 0. The highest BCUT2D eigenvalue weighted by atomic mass is 16.5. The number of aromatic nitrogens is 2. The summed E-state index contributed by atoms with van der Waals surface area (Å²) < 4.78 is 10.4. The number of hydrogen-bond donors (Lipinski definition) is 1. The number of hydrogen-bond acceptors (Lipinski definition) is 6. The first kappa shape index (κ1) is 16.7. The van der Waals surface area contributed by atoms with E-state index in [9.17, 15) is 9.59 Å². The van der Waals surface area contributed by atoms with Crippen molar-refractivity contribution in [2.45, 2.75) is 6.42 Å². The van der Waals surface area contributed by atoms with E-state index >= 15 is 0 Å². The van der Waals surface area contributed by atoms with Crippen LogP contribution in [0.3, 0.4) is 0 Å². The molecule has 4 aromatic rings. The van der Waals surface area contributed by atoms with Gasteiger partial charge in [-0.3, -0.25) is 4.79 Å². The summed E-state index contributed by atoms with van der Waals surface area (Å²) in [5.41, 5.74) is 0.586. The molecule has 1 amide bonds. The Morgan fingerprint density at radius 3 is 2.67 bits per heavy atom. The van der Waals surface area contributed by atoms with E-state index in [1.807, 2.05) is 36.4 Å².